The maximum Gasteiger partial charge on any atom is 0.270 e. The first kappa shape index (κ1) is 26.3. The molecule has 2 N–H and O–H groups in total. The lowest BCUT2D eigenvalue weighted by molar-refractivity contribution is -0.384. The lowest BCUT2D eigenvalue weighted by Crippen LogP contribution is -2.15. The summed E-state index contributed by atoms with van der Waals surface area (Å²) in [5, 5.41) is 15.7. The maximum atomic E-state index is 13.3. The molecule has 1 amide bonds. The highest BCUT2D eigenvalue weighted by Gasteiger charge is 2.17. The monoisotopic (exact) mass is 549 g/mol. The van der Waals surface area contributed by atoms with E-state index < -0.39 is 20.9 Å². The molecule has 5 aromatic rings. The molecule has 0 spiro atoms. The van der Waals surface area contributed by atoms with E-state index in [-0.39, 0.29) is 16.2 Å². The molecule has 0 saturated heterocycles. The standard InChI is InChI=1S/C31H23N3O5S/c35-31(29(24-9-2-1-3-10-24)21-22-8-6-13-26(20-22)34(36)37)32-25-16-18-27(19-17-25)40(38,39)33-30-15-7-12-23-11-4-5-14-28(23)30/h1-21,33H,(H,32,35)/b29-21-. The van der Waals surface area contributed by atoms with Crippen LogP contribution in [0, 0.1) is 10.1 Å². The minimum Gasteiger partial charge on any atom is -0.322 e. The molecular formula is C31H23N3O5S. The highest BCUT2D eigenvalue weighted by molar-refractivity contribution is 7.92. The SMILES string of the molecule is O=C(Nc1ccc(S(=O)(=O)Nc2cccc3ccccc23)cc1)/C(=C\c1cccc([N+](=O)[O-])c1)c1ccccc1. The quantitative estimate of drug-likeness (QED) is 0.0963. The minimum atomic E-state index is -3.89. The summed E-state index contributed by atoms with van der Waals surface area (Å²) in [6.07, 6.45) is 1.57. The van der Waals surface area contributed by atoms with E-state index in [2.05, 4.69) is 10.0 Å². The van der Waals surface area contributed by atoms with E-state index in [1.54, 1.807) is 54.6 Å². The minimum absolute atomic E-state index is 0.0360. The van der Waals surface area contributed by atoms with Crippen molar-refractivity contribution in [3.05, 3.63) is 143 Å². The molecule has 0 aliphatic heterocycles. The van der Waals surface area contributed by atoms with Gasteiger partial charge in [-0.05, 0) is 52.9 Å². The molecule has 0 aliphatic rings. The highest BCUT2D eigenvalue weighted by Crippen LogP contribution is 2.27. The van der Waals surface area contributed by atoms with Crippen molar-refractivity contribution >= 4 is 55.4 Å². The van der Waals surface area contributed by atoms with Crippen molar-refractivity contribution in [2.45, 2.75) is 4.90 Å². The van der Waals surface area contributed by atoms with Crippen LogP contribution in [0.1, 0.15) is 11.1 Å². The third-order valence-electron chi connectivity index (χ3n) is 6.18. The lowest BCUT2D eigenvalue weighted by atomic mass is 10.0. The number of nitro groups is 1. The Morgan fingerprint density at radius 2 is 1.45 bits per heavy atom. The predicted octanol–water partition coefficient (Wildman–Crippen LogP) is 6.73. The van der Waals surface area contributed by atoms with E-state index in [1.807, 2.05) is 36.4 Å². The molecule has 0 unspecified atom stereocenters. The fraction of sp³-hybridized carbons (Fsp3) is 0. The van der Waals surface area contributed by atoms with Crippen LogP contribution in [0.15, 0.2) is 126 Å². The Morgan fingerprint density at radius 3 is 2.20 bits per heavy atom. The number of hydrogen-bond donors (Lipinski definition) is 2. The lowest BCUT2D eigenvalue weighted by Gasteiger charge is -2.12. The fourth-order valence-electron chi connectivity index (χ4n) is 4.23. The van der Waals surface area contributed by atoms with Crippen molar-refractivity contribution in [1.82, 2.24) is 0 Å². The van der Waals surface area contributed by atoms with Crippen molar-refractivity contribution in [1.29, 1.82) is 0 Å². The topological polar surface area (TPSA) is 118 Å². The molecule has 9 heteroatoms. The fourth-order valence-corrected chi connectivity index (χ4v) is 5.31. The maximum absolute atomic E-state index is 13.3. The number of amides is 1. The van der Waals surface area contributed by atoms with Gasteiger partial charge in [0.05, 0.1) is 15.5 Å². The number of carbonyl (C=O) groups is 1. The summed E-state index contributed by atoms with van der Waals surface area (Å²) in [6, 6.07) is 33.6. The zero-order valence-corrected chi connectivity index (χ0v) is 21.8. The van der Waals surface area contributed by atoms with E-state index in [0.717, 1.165) is 10.8 Å². The molecule has 0 saturated carbocycles. The van der Waals surface area contributed by atoms with Gasteiger partial charge < -0.3 is 5.32 Å². The number of carbonyl (C=O) groups excluding carboxylic acids is 1. The van der Waals surface area contributed by atoms with Crippen LogP contribution in [0.4, 0.5) is 17.1 Å². The number of sulfonamides is 1. The van der Waals surface area contributed by atoms with Crippen LogP contribution in [-0.2, 0) is 14.8 Å². The summed E-state index contributed by atoms with van der Waals surface area (Å²) < 4.78 is 28.8. The Bertz CT molecular complexity index is 1850. The number of anilines is 2. The van der Waals surface area contributed by atoms with Gasteiger partial charge in [-0.2, -0.15) is 0 Å². The molecule has 198 valence electrons. The molecule has 0 heterocycles. The average Bonchev–Trinajstić information content (AvgIpc) is 2.97. The molecule has 5 rings (SSSR count). The first-order valence-electron chi connectivity index (χ1n) is 12.2. The van der Waals surface area contributed by atoms with Crippen LogP contribution >= 0.6 is 0 Å². The Morgan fingerprint density at radius 1 is 0.775 bits per heavy atom. The van der Waals surface area contributed by atoms with Crippen molar-refractivity contribution in [2.75, 3.05) is 10.0 Å². The van der Waals surface area contributed by atoms with Gasteiger partial charge in [0.1, 0.15) is 0 Å². The van der Waals surface area contributed by atoms with Crippen molar-refractivity contribution < 1.29 is 18.1 Å². The molecular weight excluding hydrogens is 526 g/mol. The van der Waals surface area contributed by atoms with Crippen molar-refractivity contribution in [3.63, 3.8) is 0 Å². The number of nitrogens with one attached hydrogen (secondary N) is 2. The van der Waals surface area contributed by atoms with Crippen molar-refractivity contribution in [3.8, 4) is 0 Å². The molecule has 0 aliphatic carbocycles. The van der Waals surface area contributed by atoms with Crippen LogP contribution in [0.3, 0.4) is 0 Å². The number of nitrogens with zero attached hydrogens (tertiary/aromatic N) is 1. The third kappa shape index (κ3) is 5.90. The van der Waals surface area contributed by atoms with Crippen LogP contribution < -0.4 is 10.0 Å². The average molecular weight is 550 g/mol. The van der Waals surface area contributed by atoms with Gasteiger partial charge in [-0.25, -0.2) is 8.42 Å². The molecule has 0 atom stereocenters. The Kier molecular flexibility index (Phi) is 7.39. The molecule has 0 radical (unpaired) electrons. The summed E-state index contributed by atoms with van der Waals surface area (Å²) >= 11 is 0. The van der Waals surface area contributed by atoms with Gasteiger partial charge in [-0.15, -0.1) is 0 Å². The summed E-state index contributed by atoms with van der Waals surface area (Å²) in [5.74, 6) is -0.456. The van der Waals surface area contributed by atoms with Crippen LogP contribution in [0.2, 0.25) is 0 Å². The second-order valence-electron chi connectivity index (χ2n) is 8.89. The van der Waals surface area contributed by atoms with E-state index in [9.17, 15) is 23.3 Å². The van der Waals surface area contributed by atoms with Gasteiger partial charge in [-0.3, -0.25) is 19.6 Å². The molecule has 8 nitrogen and oxygen atoms in total. The molecule has 5 aromatic carbocycles. The molecule has 0 fully saturated rings. The number of hydrogen-bond acceptors (Lipinski definition) is 5. The van der Waals surface area contributed by atoms with Gasteiger partial charge in [0.15, 0.2) is 0 Å². The Labute approximate surface area is 230 Å². The second kappa shape index (κ2) is 11.2. The number of non-ortho nitro benzene ring substituents is 1. The summed E-state index contributed by atoms with van der Waals surface area (Å²) in [7, 11) is -3.89. The number of fused-ring (bicyclic) bond motifs is 1. The normalized spacial score (nSPS) is 11.7. The smallest absolute Gasteiger partial charge is 0.270 e. The zero-order valence-electron chi connectivity index (χ0n) is 21.0. The number of nitro benzene ring substituents is 1. The van der Waals surface area contributed by atoms with E-state index >= 15 is 0 Å². The van der Waals surface area contributed by atoms with Gasteiger partial charge in [0, 0.05) is 28.8 Å². The summed E-state index contributed by atoms with van der Waals surface area (Å²) in [6.45, 7) is 0. The zero-order chi connectivity index (χ0) is 28.1. The Balaban J connectivity index is 1.39. The molecule has 0 bridgehead atoms. The number of benzene rings is 5. The van der Waals surface area contributed by atoms with Gasteiger partial charge in [0.25, 0.3) is 21.6 Å². The summed E-state index contributed by atoms with van der Waals surface area (Å²) in [4.78, 5) is 24.1. The van der Waals surface area contributed by atoms with Gasteiger partial charge >= 0.3 is 0 Å². The Hall–Kier alpha value is -5.28. The first-order chi connectivity index (χ1) is 19.3. The second-order valence-corrected chi connectivity index (χ2v) is 10.6. The van der Waals surface area contributed by atoms with E-state index in [4.69, 9.17) is 0 Å². The largest absolute Gasteiger partial charge is 0.322 e. The first-order valence-corrected chi connectivity index (χ1v) is 13.7. The predicted molar refractivity (Wildman–Crippen MR) is 157 cm³/mol. The van der Waals surface area contributed by atoms with Crippen molar-refractivity contribution in [2.24, 2.45) is 0 Å². The third-order valence-corrected chi connectivity index (χ3v) is 7.56. The van der Waals surface area contributed by atoms with Gasteiger partial charge in [-0.1, -0.05) is 78.9 Å². The number of rotatable bonds is 8. The van der Waals surface area contributed by atoms with E-state index in [1.165, 1.54) is 36.4 Å². The molecule has 0 aromatic heterocycles. The molecule has 40 heavy (non-hydrogen) atoms. The van der Waals surface area contributed by atoms with Crippen LogP contribution in [-0.4, -0.2) is 19.2 Å². The van der Waals surface area contributed by atoms with Gasteiger partial charge in [0.2, 0.25) is 0 Å². The summed E-state index contributed by atoms with van der Waals surface area (Å²) in [5.41, 5.74) is 2.16. The van der Waals surface area contributed by atoms with Crippen LogP contribution in [0.25, 0.3) is 22.4 Å². The highest BCUT2D eigenvalue weighted by atomic mass is 32.2. The van der Waals surface area contributed by atoms with E-state index in [0.29, 0.717) is 22.5 Å². The van der Waals surface area contributed by atoms with Crippen LogP contribution in [0.5, 0.6) is 0 Å².